The van der Waals surface area contributed by atoms with Crippen LogP contribution in [0, 0.1) is 0 Å². The summed E-state index contributed by atoms with van der Waals surface area (Å²) in [6.07, 6.45) is 3.58. The van der Waals surface area contributed by atoms with E-state index in [1.165, 1.54) is 0 Å². The standard InChI is InChI=1S/C24H20ClN3O/c1-28-16-15-26-23(28)22(19-11-13-21(25)14-12-19)27-24(29)20-9-7-18(8-10-20)17-5-3-2-4-6-17/h2-16,22H,1H3,(H,27,29). The number of hydrogen-bond donors (Lipinski definition) is 1. The summed E-state index contributed by atoms with van der Waals surface area (Å²) in [5, 5.41) is 3.75. The molecule has 144 valence electrons. The molecule has 0 aliphatic heterocycles. The highest BCUT2D eigenvalue weighted by Gasteiger charge is 2.21. The van der Waals surface area contributed by atoms with Crippen molar-refractivity contribution in [2.45, 2.75) is 6.04 Å². The van der Waals surface area contributed by atoms with Gasteiger partial charge in [-0.15, -0.1) is 0 Å². The minimum absolute atomic E-state index is 0.160. The number of rotatable bonds is 5. The van der Waals surface area contributed by atoms with Crippen molar-refractivity contribution in [1.29, 1.82) is 0 Å². The molecule has 0 saturated heterocycles. The third-order valence-electron chi connectivity index (χ3n) is 4.85. The quantitative estimate of drug-likeness (QED) is 0.495. The number of imidazole rings is 1. The van der Waals surface area contributed by atoms with Crippen molar-refractivity contribution in [3.63, 3.8) is 0 Å². The van der Waals surface area contributed by atoms with Crippen LogP contribution in [-0.4, -0.2) is 15.5 Å². The Morgan fingerprint density at radius 2 is 1.59 bits per heavy atom. The summed E-state index contributed by atoms with van der Waals surface area (Å²) in [5.74, 6) is 0.592. The molecule has 0 spiro atoms. The van der Waals surface area contributed by atoms with Crippen molar-refractivity contribution in [3.05, 3.63) is 113 Å². The van der Waals surface area contributed by atoms with Gasteiger partial charge in [0, 0.05) is 30.0 Å². The number of aromatic nitrogens is 2. The predicted molar refractivity (Wildman–Crippen MR) is 116 cm³/mol. The molecular weight excluding hydrogens is 382 g/mol. The number of carbonyl (C=O) groups is 1. The van der Waals surface area contributed by atoms with Gasteiger partial charge in [-0.2, -0.15) is 0 Å². The van der Waals surface area contributed by atoms with Gasteiger partial charge in [0.1, 0.15) is 11.9 Å². The second kappa shape index (κ2) is 8.33. The molecule has 1 amide bonds. The summed E-state index contributed by atoms with van der Waals surface area (Å²) in [5.41, 5.74) is 3.70. The number of benzene rings is 3. The van der Waals surface area contributed by atoms with E-state index in [1.54, 1.807) is 6.20 Å². The van der Waals surface area contributed by atoms with Crippen molar-refractivity contribution >= 4 is 17.5 Å². The van der Waals surface area contributed by atoms with E-state index in [0.717, 1.165) is 22.5 Å². The maximum atomic E-state index is 13.0. The van der Waals surface area contributed by atoms with E-state index in [4.69, 9.17) is 11.6 Å². The molecule has 0 bridgehead atoms. The number of amides is 1. The molecule has 29 heavy (non-hydrogen) atoms. The summed E-state index contributed by atoms with van der Waals surface area (Å²) in [6.45, 7) is 0. The van der Waals surface area contributed by atoms with Crippen LogP contribution in [0.1, 0.15) is 27.8 Å². The molecule has 0 aliphatic carbocycles. The van der Waals surface area contributed by atoms with Crippen LogP contribution in [0.3, 0.4) is 0 Å². The first-order chi connectivity index (χ1) is 14.1. The van der Waals surface area contributed by atoms with Crippen LogP contribution >= 0.6 is 11.6 Å². The summed E-state index contributed by atoms with van der Waals surface area (Å²) in [6, 6.07) is 24.7. The molecule has 4 nitrogen and oxygen atoms in total. The molecule has 1 N–H and O–H groups in total. The monoisotopic (exact) mass is 401 g/mol. The lowest BCUT2D eigenvalue weighted by Crippen LogP contribution is -2.31. The molecule has 0 fully saturated rings. The first-order valence-electron chi connectivity index (χ1n) is 9.31. The Hall–Kier alpha value is -3.37. The lowest BCUT2D eigenvalue weighted by atomic mass is 10.0. The fraction of sp³-hybridized carbons (Fsp3) is 0.0833. The molecule has 0 saturated carbocycles. The zero-order chi connectivity index (χ0) is 20.2. The van der Waals surface area contributed by atoms with E-state index in [1.807, 2.05) is 96.7 Å². The highest BCUT2D eigenvalue weighted by molar-refractivity contribution is 6.30. The Balaban J connectivity index is 1.60. The zero-order valence-corrected chi connectivity index (χ0v) is 16.7. The van der Waals surface area contributed by atoms with Gasteiger partial charge in [-0.3, -0.25) is 4.79 Å². The third kappa shape index (κ3) is 4.23. The largest absolute Gasteiger partial charge is 0.338 e. The van der Waals surface area contributed by atoms with Crippen LogP contribution in [-0.2, 0) is 7.05 Å². The van der Waals surface area contributed by atoms with E-state index in [9.17, 15) is 4.79 Å². The van der Waals surface area contributed by atoms with Crippen molar-refractivity contribution in [2.75, 3.05) is 0 Å². The molecule has 1 aromatic heterocycles. The van der Waals surface area contributed by atoms with Gasteiger partial charge < -0.3 is 9.88 Å². The summed E-state index contributed by atoms with van der Waals surface area (Å²) in [4.78, 5) is 17.4. The molecule has 1 heterocycles. The highest BCUT2D eigenvalue weighted by Crippen LogP contribution is 2.24. The van der Waals surface area contributed by atoms with Gasteiger partial charge in [0.25, 0.3) is 5.91 Å². The van der Waals surface area contributed by atoms with E-state index < -0.39 is 0 Å². The minimum atomic E-state index is -0.381. The summed E-state index contributed by atoms with van der Waals surface area (Å²) >= 11 is 6.03. The maximum Gasteiger partial charge on any atom is 0.252 e. The van der Waals surface area contributed by atoms with Gasteiger partial charge in [-0.25, -0.2) is 4.98 Å². The van der Waals surface area contributed by atoms with Crippen LogP contribution < -0.4 is 5.32 Å². The van der Waals surface area contributed by atoms with E-state index in [0.29, 0.717) is 10.6 Å². The Morgan fingerprint density at radius 1 is 0.931 bits per heavy atom. The first-order valence-corrected chi connectivity index (χ1v) is 9.68. The molecule has 0 radical (unpaired) electrons. The van der Waals surface area contributed by atoms with Crippen LogP contribution in [0.2, 0.25) is 5.02 Å². The van der Waals surface area contributed by atoms with Crippen LogP contribution in [0.15, 0.2) is 91.3 Å². The van der Waals surface area contributed by atoms with Gasteiger partial charge in [-0.05, 0) is 41.0 Å². The molecule has 4 aromatic rings. The SMILES string of the molecule is Cn1ccnc1C(NC(=O)c1ccc(-c2ccccc2)cc1)c1ccc(Cl)cc1. The number of nitrogens with zero attached hydrogens (tertiary/aromatic N) is 2. The predicted octanol–water partition coefficient (Wildman–Crippen LogP) is 5.26. The van der Waals surface area contributed by atoms with Crippen molar-refractivity contribution < 1.29 is 4.79 Å². The summed E-state index contributed by atoms with van der Waals surface area (Å²) < 4.78 is 1.90. The van der Waals surface area contributed by atoms with Crippen LogP contribution in [0.5, 0.6) is 0 Å². The molecule has 0 aliphatic rings. The Labute approximate surface area is 174 Å². The van der Waals surface area contributed by atoms with Crippen LogP contribution in [0.4, 0.5) is 0 Å². The maximum absolute atomic E-state index is 13.0. The molecule has 3 aromatic carbocycles. The Bertz CT molecular complexity index is 1100. The lowest BCUT2D eigenvalue weighted by molar-refractivity contribution is 0.0941. The van der Waals surface area contributed by atoms with Crippen molar-refractivity contribution in [3.8, 4) is 11.1 Å². The van der Waals surface area contributed by atoms with Gasteiger partial charge in [0.05, 0.1) is 0 Å². The fourth-order valence-corrected chi connectivity index (χ4v) is 3.39. The number of nitrogens with one attached hydrogen (secondary N) is 1. The summed E-state index contributed by atoms with van der Waals surface area (Å²) in [7, 11) is 1.91. The van der Waals surface area contributed by atoms with E-state index in [-0.39, 0.29) is 11.9 Å². The van der Waals surface area contributed by atoms with Gasteiger partial charge in [0.15, 0.2) is 0 Å². The average molecular weight is 402 g/mol. The molecule has 5 heteroatoms. The second-order valence-electron chi connectivity index (χ2n) is 6.80. The molecule has 4 rings (SSSR count). The van der Waals surface area contributed by atoms with Crippen molar-refractivity contribution in [2.24, 2.45) is 7.05 Å². The zero-order valence-electron chi connectivity index (χ0n) is 15.9. The van der Waals surface area contributed by atoms with E-state index >= 15 is 0 Å². The van der Waals surface area contributed by atoms with Gasteiger partial charge in [-0.1, -0.05) is 66.2 Å². The Kier molecular flexibility index (Phi) is 5.45. The minimum Gasteiger partial charge on any atom is -0.338 e. The topological polar surface area (TPSA) is 46.9 Å². The Morgan fingerprint density at radius 3 is 2.21 bits per heavy atom. The molecule has 1 unspecified atom stereocenters. The number of hydrogen-bond acceptors (Lipinski definition) is 2. The normalized spacial score (nSPS) is 11.8. The average Bonchev–Trinajstić information content (AvgIpc) is 3.19. The highest BCUT2D eigenvalue weighted by atomic mass is 35.5. The van der Waals surface area contributed by atoms with Gasteiger partial charge in [0.2, 0.25) is 0 Å². The number of halogens is 1. The molecule has 1 atom stereocenters. The van der Waals surface area contributed by atoms with E-state index in [2.05, 4.69) is 10.3 Å². The second-order valence-corrected chi connectivity index (χ2v) is 7.23. The van der Waals surface area contributed by atoms with Crippen molar-refractivity contribution in [1.82, 2.24) is 14.9 Å². The fourth-order valence-electron chi connectivity index (χ4n) is 3.27. The smallest absolute Gasteiger partial charge is 0.252 e. The van der Waals surface area contributed by atoms with Gasteiger partial charge >= 0.3 is 0 Å². The first kappa shape index (κ1) is 19.0. The number of aryl methyl sites for hydroxylation is 1. The molecular formula is C24H20ClN3O. The number of carbonyl (C=O) groups excluding carboxylic acids is 1. The lowest BCUT2D eigenvalue weighted by Gasteiger charge is -2.19. The third-order valence-corrected chi connectivity index (χ3v) is 5.10. The van der Waals surface area contributed by atoms with Crippen LogP contribution in [0.25, 0.3) is 11.1 Å².